The number of nitrogens with one attached hydrogen (secondary N) is 1. The van der Waals surface area contributed by atoms with Crippen LogP contribution in [0.4, 0.5) is 0 Å². The van der Waals surface area contributed by atoms with E-state index in [9.17, 15) is 18.3 Å². The first-order valence-electron chi connectivity index (χ1n) is 7.69. The molecule has 6 nitrogen and oxygen atoms in total. The van der Waals surface area contributed by atoms with Crippen molar-refractivity contribution in [2.45, 2.75) is 44.6 Å². The second kappa shape index (κ2) is 7.72. The molecule has 1 saturated heterocycles. The Morgan fingerprint density at radius 2 is 2.22 bits per heavy atom. The molecule has 130 valence electrons. The molecule has 8 heteroatoms. The average Bonchev–Trinajstić information content (AvgIpc) is 2.95. The third kappa shape index (κ3) is 4.99. The fraction of sp³-hybridized carbons (Fsp3) is 0.667. The minimum Gasteiger partial charge on any atom is -0.456 e. The van der Waals surface area contributed by atoms with Crippen molar-refractivity contribution in [1.82, 2.24) is 5.32 Å². The predicted molar refractivity (Wildman–Crippen MR) is 90.4 cm³/mol. The molecule has 0 aromatic carbocycles. The second-order valence-electron chi connectivity index (χ2n) is 5.82. The summed E-state index contributed by atoms with van der Waals surface area (Å²) in [5.41, 5.74) is 0.968. The van der Waals surface area contributed by atoms with Crippen LogP contribution >= 0.6 is 11.8 Å². The van der Waals surface area contributed by atoms with E-state index in [-0.39, 0.29) is 17.3 Å². The van der Waals surface area contributed by atoms with Gasteiger partial charge in [0.2, 0.25) is 0 Å². The topological polar surface area (TPSA) is 96.6 Å². The number of aryl methyl sites for hydroxylation is 1. The fourth-order valence-corrected chi connectivity index (χ4v) is 5.29. The molecule has 0 bridgehead atoms. The highest BCUT2D eigenvalue weighted by Crippen LogP contribution is 2.22. The fourth-order valence-electron chi connectivity index (χ4n) is 2.41. The van der Waals surface area contributed by atoms with E-state index in [1.54, 1.807) is 24.8 Å². The van der Waals surface area contributed by atoms with Crippen LogP contribution in [-0.4, -0.2) is 48.8 Å². The molecule has 1 aliphatic heterocycles. The highest BCUT2D eigenvalue weighted by atomic mass is 32.2. The monoisotopic (exact) mass is 361 g/mol. The Kier molecular flexibility index (Phi) is 6.16. The summed E-state index contributed by atoms with van der Waals surface area (Å²) in [6, 6.07) is 0.916. The van der Waals surface area contributed by atoms with Crippen molar-refractivity contribution in [3.63, 3.8) is 0 Å². The minimum atomic E-state index is -3.29. The highest BCUT2D eigenvalue weighted by Gasteiger charge is 2.37. The number of aliphatic hydroxyl groups is 1. The average molecular weight is 361 g/mol. The smallest absolute Gasteiger partial charge is 0.287 e. The zero-order valence-corrected chi connectivity index (χ0v) is 15.0. The van der Waals surface area contributed by atoms with Crippen LogP contribution in [0.1, 0.15) is 41.6 Å². The number of hydrogen-bond donors (Lipinski definition) is 2. The number of aliphatic hydroxyl groups excluding tert-OH is 1. The van der Waals surface area contributed by atoms with Gasteiger partial charge in [0.1, 0.15) is 5.76 Å². The van der Waals surface area contributed by atoms with E-state index in [1.807, 2.05) is 0 Å². The summed E-state index contributed by atoms with van der Waals surface area (Å²) in [7, 11) is -3.29. The molecular weight excluding hydrogens is 338 g/mol. The molecule has 0 radical (unpaired) electrons. The van der Waals surface area contributed by atoms with Gasteiger partial charge in [-0.1, -0.05) is 13.3 Å². The minimum absolute atomic E-state index is 0.157. The van der Waals surface area contributed by atoms with E-state index in [1.165, 1.54) is 0 Å². The van der Waals surface area contributed by atoms with Crippen molar-refractivity contribution in [3.8, 4) is 0 Å². The molecule has 1 aromatic rings. The Morgan fingerprint density at radius 1 is 1.48 bits per heavy atom. The molecular formula is C15H23NO5S2. The van der Waals surface area contributed by atoms with E-state index in [0.717, 1.165) is 29.9 Å². The van der Waals surface area contributed by atoms with E-state index in [2.05, 4.69) is 12.2 Å². The largest absolute Gasteiger partial charge is 0.456 e. The molecule has 2 unspecified atom stereocenters. The maximum Gasteiger partial charge on any atom is 0.287 e. The zero-order valence-electron chi connectivity index (χ0n) is 13.4. The molecule has 23 heavy (non-hydrogen) atoms. The van der Waals surface area contributed by atoms with E-state index in [4.69, 9.17) is 4.42 Å². The second-order valence-corrected chi connectivity index (χ2v) is 9.08. The van der Waals surface area contributed by atoms with Gasteiger partial charge in [0.25, 0.3) is 5.91 Å². The lowest BCUT2D eigenvalue weighted by atomic mass is 10.2. The molecule has 2 N–H and O–H groups in total. The van der Waals surface area contributed by atoms with E-state index >= 15 is 0 Å². The summed E-state index contributed by atoms with van der Waals surface area (Å²) in [6.45, 7) is 3.95. The normalized spacial score (nSPS) is 23.1. The number of thioether (sulfide) groups is 1. The van der Waals surface area contributed by atoms with Gasteiger partial charge in [0, 0.05) is 11.3 Å². The lowest BCUT2D eigenvalue weighted by molar-refractivity contribution is 0.0860. The SMILES string of the molecule is CCCCSCc1cc(C(=O)NC2CS(=O)(=O)CC2O)oc1C. The van der Waals surface area contributed by atoms with Crippen molar-refractivity contribution in [1.29, 1.82) is 0 Å². The molecule has 0 saturated carbocycles. The molecule has 0 spiro atoms. The third-order valence-electron chi connectivity index (χ3n) is 3.78. The maximum absolute atomic E-state index is 12.2. The predicted octanol–water partition coefficient (Wildman–Crippen LogP) is 1.51. The van der Waals surface area contributed by atoms with Crippen LogP contribution in [0.2, 0.25) is 0 Å². The van der Waals surface area contributed by atoms with Crippen molar-refractivity contribution >= 4 is 27.5 Å². The van der Waals surface area contributed by atoms with Crippen LogP contribution in [0.15, 0.2) is 10.5 Å². The summed E-state index contributed by atoms with van der Waals surface area (Å²) >= 11 is 1.79. The van der Waals surface area contributed by atoms with Gasteiger partial charge in [-0.05, 0) is 25.2 Å². The van der Waals surface area contributed by atoms with Gasteiger partial charge in [-0.2, -0.15) is 11.8 Å². The molecule has 1 aliphatic rings. The number of carbonyl (C=O) groups excluding carboxylic acids is 1. The van der Waals surface area contributed by atoms with Crippen molar-refractivity contribution in [2.75, 3.05) is 17.3 Å². The molecule has 2 atom stereocenters. The summed E-state index contributed by atoms with van der Waals surface area (Å²) in [5, 5.41) is 12.3. The molecule has 2 heterocycles. The number of amides is 1. The van der Waals surface area contributed by atoms with Gasteiger partial charge >= 0.3 is 0 Å². The zero-order chi connectivity index (χ0) is 17.0. The summed E-state index contributed by atoms with van der Waals surface area (Å²) in [5.74, 6) is 1.66. The number of carbonyl (C=O) groups is 1. The molecule has 1 fully saturated rings. The van der Waals surface area contributed by atoms with Crippen molar-refractivity contribution in [2.24, 2.45) is 0 Å². The van der Waals surface area contributed by atoms with Crippen LogP contribution in [-0.2, 0) is 15.6 Å². The Bertz CT molecular complexity index is 653. The Labute approximate surface area is 140 Å². The van der Waals surface area contributed by atoms with Gasteiger partial charge < -0.3 is 14.8 Å². The standard InChI is InChI=1S/C15H23NO5S2/c1-3-4-5-22-7-11-6-14(21-10(11)2)15(18)16-12-8-23(19,20)9-13(12)17/h6,12-13,17H,3-5,7-9H2,1-2H3,(H,16,18). The Morgan fingerprint density at radius 3 is 2.83 bits per heavy atom. The van der Waals surface area contributed by atoms with Crippen LogP contribution in [0.5, 0.6) is 0 Å². The number of unbranched alkanes of at least 4 members (excludes halogenated alkanes) is 1. The molecule has 1 amide bonds. The molecule has 1 aromatic heterocycles. The lowest BCUT2D eigenvalue weighted by Crippen LogP contribution is -2.42. The molecule has 2 rings (SSSR count). The van der Waals surface area contributed by atoms with Gasteiger partial charge in [0.05, 0.1) is 23.7 Å². The van der Waals surface area contributed by atoms with E-state index < -0.39 is 27.9 Å². The van der Waals surface area contributed by atoms with Crippen LogP contribution < -0.4 is 5.32 Å². The number of sulfone groups is 1. The van der Waals surface area contributed by atoms with Crippen LogP contribution in [0.25, 0.3) is 0 Å². The Hall–Kier alpha value is -0.990. The van der Waals surface area contributed by atoms with Crippen molar-refractivity contribution < 1.29 is 22.7 Å². The van der Waals surface area contributed by atoms with Gasteiger partial charge in [-0.25, -0.2) is 8.42 Å². The van der Waals surface area contributed by atoms with Crippen molar-refractivity contribution in [3.05, 3.63) is 23.2 Å². The molecule has 0 aliphatic carbocycles. The van der Waals surface area contributed by atoms with Gasteiger partial charge in [-0.15, -0.1) is 0 Å². The third-order valence-corrected chi connectivity index (χ3v) is 6.59. The summed E-state index contributed by atoms with van der Waals surface area (Å²) < 4.78 is 28.4. The van der Waals surface area contributed by atoms with Crippen LogP contribution in [0.3, 0.4) is 0 Å². The number of rotatable bonds is 7. The number of hydrogen-bond acceptors (Lipinski definition) is 6. The lowest BCUT2D eigenvalue weighted by Gasteiger charge is -2.13. The first kappa shape index (κ1) is 18.4. The Balaban J connectivity index is 1.95. The number of furan rings is 1. The summed E-state index contributed by atoms with van der Waals surface area (Å²) in [6.07, 6.45) is 1.24. The van der Waals surface area contributed by atoms with E-state index in [0.29, 0.717) is 5.76 Å². The first-order valence-corrected chi connectivity index (χ1v) is 10.7. The quantitative estimate of drug-likeness (QED) is 0.715. The summed E-state index contributed by atoms with van der Waals surface area (Å²) in [4.78, 5) is 12.2. The van der Waals surface area contributed by atoms with Gasteiger partial charge in [-0.3, -0.25) is 4.79 Å². The first-order chi connectivity index (χ1) is 10.8. The maximum atomic E-state index is 12.2. The highest BCUT2D eigenvalue weighted by molar-refractivity contribution is 7.98. The van der Waals surface area contributed by atoms with Gasteiger partial charge in [0.15, 0.2) is 15.6 Å². The van der Waals surface area contributed by atoms with Crippen LogP contribution in [0, 0.1) is 6.92 Å².